The van der Waals surface area contributed by atoms with Gasteiger partial charge in [0, 0.05) is 0 Å². The SMILES string of the molecule is Cc1c(C(=O)N2CC(O)(C(F)F)C2)nnn1-c1ccc(F)cc1. The molecule has 2 heterocycles. The molecule has 1 N–H and O–H groups in total. The predicted molar refractivity (Wildman–Crippen MR) is 72.9 cm³/mol. The minimum Gasteiger partial charge on any atom is -0.380 e. The molecule has 1 amide bonds. The highest BCUT2D eigenvalue weighted by atomic mass is 19.3. The predicted octanol–water partition coefficient (Wildman–Crippen LogP) is 1.17. The molecular formula is C14H13F3N4O2. The van der Waals surface area contributed by atoms with Gasteiger partial charge in [-0.05, 0) is 31.2 Å². The number of rotatable bonds is 3. The standard InChI is InChI=1S/C14H13F3N4O2/c1-8-11(12(22)20-6-14(23,7-20)13(16)17)18-19-21(8)10-4-2-9(15)3-5-10/h2-5,13,23H,6-7H2,1H3. The van der Waals surface area contributed by atoms with Gasteiger partial charge in [-0.25, -0.2) is 17.9 Å². The zero-order valence-electron chi connectivity index (χ0n) is 12.1. The van der Waals surface area contributed by atoms with Gasteiger partial charge in [0.25, 0.3) is 12.3 Å². The summed E-state index contributed by atoms with van der Waals surface area (Å²) in [5.74, 6) is -0.990. The Morgan fingerprint density at radius 3 is 2.48 bits per heavy atom. The van der Waals surface area contributed by atoms with Crippen molar-refractivity contribution in [2.24, 2.45) is 0 Å². The van der Waals surface area contributed by atoms with Gasteiger partial charge in [-0.2, -0.15) is 0 Å². The fourth-order valence-electron chi connectivity index (χ4n) is 2.40. The molecule has 2 aromatic rings. The number of aliphatic hydroxyl groups is 1. The normalized spacial score (nSPS) is 16.5. The number of likely N-dealkylation sites (tertiary alicyclic amines) is 1. The smallest absolute Gasteiger partial charge is 0.276 e. The summed E-state index contributed by atoms with van der Waals surface area (Å²) in [7, 11) is 0. The first-order chi connectivity index (χ1) is 10.8. The number of aromatic nitrogens is 3. The van der Waals surface area contributed by atoms with Gasteiger partial charge in [0.05, 0.1) is 24.5 Å². The number of alkyl halides is 2. The highest BCUT2D eigenvalue weighted by molar-refractivity contribution is 5.94. The van der Waals surface area contributed by atoms with E-state index in [4.69, 9.17) is 0 Å². The molecule has 0 spiro atoms. The van der Waals surface area contributed by atoms with Crippen molar-refractivity contribution in [3.63, 3.8) is 0 Å². The van der Waals surface area contributed by atoms with Gasteiger partial charge in [0.15, 0.2) is 11.3 Å². The minimum absolute atomic E-state index is 0.00522. The summed E-state index contributed by atoms with van der Waals surface area (Å²) in [6.07, 6.45) is -2.91. The quantitative estimate of drug-likeness (QED) is 0.919. The topological polar surface area (TPSA) is 71.2 Å². The van der Waals surface area contributed by atoms with E-state index >= 15 is 0 Å². The maximum absolute atomic E-state index is 12.9. The van der Waals surface area contributed by atoms with Gasteiger partial charge in [-0.1, -0.05) is 5.21 Å². The van der Waals surface area contributed by atoms with Crippen LogP contribution in [0.4, 0.5) is 13.2 Å². The van der Waals surface area contributed by atoms with Crippen molar-refractivity contribution in [3.8, 4) is 5.69 Å². The largest absolute Gasteiger partial charge is 0.380 e. The summed E-state index contributed by atoms with van der Waals surface area (Å²) in [6, 6.07) is 5.45. The Morgan fingerprint density at radius 1 is 1.30 bits per heavy atom. The van der Waals surface area contributed by atoms with E-state index in [1.165, 1.54) is 28.9 Å². The Balaban J connectivity index is 1.80. The third-order valence-electron chi connectivity index (χ3n) is 3.79. The highest BCUT2D eigenvalue weighted by Gasteiger charge is 2.51. The van der Waals surface area contributed by atoms with Crippen molar-refractivity contribution in [1.82, 2.24) is 19.9 Å². The van der Waals surface area contributed by atoms with E-state index in [1.54, 1.807) is 6.92 Å². The molecule has 0 bridgehead atoms. The number of β-amino-alcohol motifs (C(OH)–C–C–N with tert-alkyl or cyclic N) is 1. The first-order valence-corrected chi connectivity index (χ1v) is 6.80. The van der Waals surface area contributed by atoms with E-state index < -0.39 is 36.8 Å². The van der Waals surface area contributed by atoms with Gasteiger partial charge in [-0.15, -0.1) is 5.10 Å². The molecule has 0 saturated carbocycles. The summed E-state index contributed by atoms with van der Waals surface area (Å²) in [5.41, 5.74) is -1.24. The molecule has 9 heteroatoms. The van der Waals surface area contributed by atoms with E-state index in [-0.39, 0.29) is 5.69 Å². The third kappa shape index (κ3) is 2.56. The lowest BCUT2D eigenvalue weighted by Gasteiger charge is -2.45. The summed E-state index contributed by atoms with van der Waals surface area (Å²) >= 11 is 0. The average Bonchev–Trinajstić information content (AvgIpc) is 2.85. The molecule has 1 aromatic carbocycles. The van der Waals surface area contributed by atoms with Crippen LogP contribution in [-0.4, -0.2) is 56.0 Å². The fourth-order valence-corrected chi connectivity index (χ4v) is 2.40. The number of hydrogen-bond acceptors (Lipinski definition) is 4. The van der Waals surface area contributed by atoms with Crippen LogP contribution in [0.2, 0.25) is 0 Å². The number of nitrogens with zero attached hydrogens (tertiary/aromatic N) is 4. The van der Waals surface area contributed by atoms with E-state index in [9.17, 15) is 23.1 Å². The molecule has 3 rings (SSSR count). The van der Waals surface area contributed by atoms with Crippen LogP contribution in [0.25, 0.3) is 5.69 Å². The lowest BCUT2D eigenvalue weighted by molar-refractivity contribution is -0.166. The molecular weight excluding hydrogens is 313 g/mol. The monoisotopic (exact) mass is 326 g/mol. The Kier molecular flexibility index (Phi) is 3.59. The summed E-state index contributed by atoms with van der Waals surface area (Å²) in [6.45, 7) is 0.689. The number of carbonyl (C=O) groups excluding carboxylic acids is 1. The van der Waals surface area contributed by atoms with Gasteiger partial charge in [-0.3, -0.25) is 4.79 Å². The molecule has 1 aliphatic heterocycles. The molecule has 1 fully saturated rings. The maximum Gasteiger partial charge on any atom is 0.276 e. The zero-order valence-corrected chi connectivity index (χ0v) is 12.1. The molecule has 6 nitrogen and oxygen atoms in total. The first kappa shape index (κ1) is 15.5. The van der Waals surface area contributed by atoms with Crippen LogP contribution < -0.4 is 0 Å². The van der Waals surface area contributed by atoms with Crippen molar-refractivity contribution in [3.05, 3.63) is 41.5 Å². The lowest BCUT2D eigenvalue weighted by atomic mass is 9.94. The Hall–Kier alpha value is -2.42. The summed E-state index contributed by atoms with van der Waals surface area (Å²) in [5, 5.41) is 17.1. The van der Waals surface area contributed by atoms with Crippen LogP contribution in [0.1, 0.15) is 16.2 Å². The van der Waals surface area contributed by atoms with E-state index in [2.05, 4.69) is 10.3 Å². The lowest BCUT2D eigenvalue weighted by Crippen LogP contribution is -2.67. The second kappa shape index (κ2) is 5.34. The molecule has 0 radical (unpaired) electrons. The third-order valence-corrected chi connectivity index (χ3v) is 3.79. The highest BCUT2D eigenvalue weighted by Crippen LogP contribution is 2.29. The second-order valence-electron chi connectivity index (χ2n) is 5.48. The minimum atomic E-state index is -2.91. The van der Waals surface area contributed by atoms with Gasteiger partial charge >= 0.3 is 0 Å². The van der Waals surface area contributed by atoms with E-state index in [0.717, 1.165) is 4.90 Å². The molecule has 1 saturated heterocycles. The van der Waals surface area contributed by atoms with Crippen molar-refractivity contribution in [1.29, 1.82) is 0 Å². The summed E-state index contributed by atoms with van der Waals surface area (Å²) < 4.78 is 39.5. The Labute approximate surface area is 129 Å². The Morgan fingerprint density at radius 2 is 1.91 bits per heavy atom. The van der Waals surface area contributed by atoms with Crippen LogP contribution in [-0.2, 0) is 0 Å². The molecule has 1 aromatic heterocycles. The molecule has 0 atom stereocenters. The van der Waals surface area contributed by atoms with Crippen LogP contribution in [0.15, 0.2) is 24.3 Å². The first-order valence-electron chi connectivity index (χ1n) is 6.80. The van der Waals surface area contributed by atoms with Crippen LogP contribution in [0.5, 0.6) is 0 Å². The number of carbonyl (C=O) groups is 1. The number of hydrogen-bond donors (Lipinski definition) is 1. The number of benzene rings is 1. The van der Waals surface area contributed by atoms with Crippen molar-refractivity contribution in [2.45, 2.75) is 19.0 Å². The molecule has 23 heavy (non-hydrogen) atoms. The fraction of sp³-hybridized carbons (Fsp3) is 0.357. The van der Waals surface area contributed by atoms with Gasteiger partial charge in [0.1, 0.15) is 5.82 Å². The van der Waals surface area contributed by atoms with Crippen molar-refractivity contribution >= 4 is 5.91 Å². The van der Waals surface area contributed by atoms with Gasteiger partial charge < -0.3 is 10.0 Å². The van der Waals surface area contributed by atoms with Crippen LogP contribution in [0, 0.1) is 12.7 Å². The summed E-state index contributed by atoms with van der Waals surface area (Å²) in [4.78, 5) is 13.3. The van der Waals surface area contributed by atoms with E-state index in [0.29, 0.717) is 11.4 Å². The maximum atomic E-state index is 12.9. The van der Waals surface area contributed by atoms with Crippen molar-refractivity contribution < 1.29 is 23.1 Å². The van der Waals surface area contributed by atoms with Crippen LogP contribution in [0.3, 0.4) is 0 Å². The van der Waals surface area contributed by atoms with Crippen LogP contribution >= 0.6 is 0 Å². The second-order valence-corrected chi connectivity index (χ2v) is 5.48. The van der Waals surface area contributed by atoms with E-state index in [1.807, 2.05) is 0 Å². The molecule has 0 unspecified atom stereocenters. The average molecular weight is 326 g/mol. The van der Waals surface area contributed by atoms with Crippen molar-refractivity contribution in [2.75, 3.05) is 13.1 Å². The molecule has 0 aliphatic carbocycles. The number of amides is 1. The molecule has 1 aliphatic rings. The zero-order chi connectivity index (χ0) is 16.8. The molecule has 122 valence electrons. The number of halogens is 3. The van der Waals surface area contributed by atoms with Gasteiger partial charge in [0.2, 0.25) is 0 Å². The Bertz CT molecular complexity index is 739.